The summed E-state index contributed by atoms with van der Waals surface area (Å²) in [4.78, 5) is 22.8. The molecule has 1 unspecified atom stereocenters. The maximum Gasteiger partial charge on any atom is 0.274 e. The number of anilines is 1. The van der Waals surface area contributed by atoms with Gasteiger partial charge in [0.05, 0.1) is 12.4 Å². The fraction of sp³-hybridized carbons (Fsp3) is 0.667. The number of amides is 1. The largest absolute Gasteiger partial charge is 0.364 e. The lowest BCUT2D eigenvalue weighted by Crippen LogP contribution is -2.39. The fourth-order valence-electron chi connectivity index (χ4n) is 2.42. The van der Waals surface area contributed by atoms with Crippen molar-refractivity contribution in [1.29, 1.82) is 0 Å². The Bertz CT molecular complexity index is 464. The van der Waals surface area contributed by atoms with Gasteiger partial charge in [0.1, 0.15) is 11.5 Å². The lowest BCUT2D eigenvalue weighted by molar-refractivity contribution is 0.0676. The number of piperidine rings is 1. The Kier molecular flexibility index (Phi) is 4.26. The van der Waals surface area contributed by atoms with Crippen molar-refractivity contribution in [3.05, 3.63) is 18.1 Å². The molecule has 1 aliphatic heterocycles. The van der Waals surface area contributed by atoms with Crippen molar-refractivity contribution < 1.29 is 4.79 Å². The van der Waals surface area contributed by atoms with E-state index in [1.165, 1.54) is 6.42 Å². The second-order valence-electron chi connectivity index (χ2n) is 6.66. The van der Waals surface area contributed by atoms with Crippen LogP contribution in [0, 0.1) is 5.92 Å². The molecule has 1 saturated heterocycles. The third kappa shape index (κ3) is 3.92. The first-order chi connectivity index (χ1) is 9.35. The average molecular weight is 276 g/mol. The van der Waals surface area contributed by atoms with Gasteiger partial charge in [-0.2, -0.15) is 0 Å². The van der Waals surface area contributed by atoms with Crippen LogP contribution in [-0.2, 0) is 0 Å². The number of nitrogens with one attached hydrogen (secondary N) is 1. The second-order valence-corrected chi connectivity index (χ2v) is 6.66. The van der Waals surface area contributed by atoms with Crippen molar-refractivity contribution in [3.8, 4) is 0 Å². The summed E-state index contributed by atoms with van der Waals surface area (Å²) in [6, 6.07) is 0. The normalized spacial score (nSPS) is 19.8. The summed E-state index contributed by atoms with van der Waals surface area (Å²) in [5, 5.41) is 3.24. The highest BCUT2D eigenvalue weighted by atomic mass is 16.2. The van der Waals surface area contributed by atoms with Gasteiger partial charge < -0.3 is 10.2 Å². The minimum absolute atomic E-state index is 0.00800. The summed E-state index contributed by atoms with van der Waals surface area (Å²) in [5.41, 5.74) is 0.362. The number of rotatable bonds is 2. The lowest BCUT2D eigenvalue weighted by atomic mass is 10.0. The molecule has 1 aromatic heterocycles. The highest BCUT2D eigenvalue weighted by molar-refractivity contribution is 5.92. The number of carbonyl (C=O) groups is 1. The minimum atomic E-state index is -0.0670. The smallest absolute Gasteiger partial charge is 0.274 e. The number of hydrogen-bond donors (Lipinski definition) is 1. The fourth-order valence-corrected chi connectivity index (χ4v) is 2.42. The van der Waals surface area contributed by atoms with E-state index in [1.807, 2.05) is 4.90 Å². The molecule has 20 heavy (non-hydrogen) atoms. The molecule has 5 nitrogen and oxygen atoms in total. The summed E-state index contributed by atoms with van der Waals surface area (Å²) in [6.07, 6.45) is 5.47. The van der Waals surface area contributed by atoms with E-state index in [0.717, 1.165) is 19.5 Å². The van der Waals surface area contributed by atoms with Crippen LogP contribution in [0.5, 0.6) is 0 Å². The molecular weight excluding hydrogens is 252 g/mol. The molecule has 1 aliphatic rings. The Hall–Kier alpha value is -1.65. The van der Waals surface area contributed by atoms with Gasteiger partial charge in [0.2, 0.25) is 0 Å². The first-order valence-corrected chi connectivity index (χ1v) is 7.24. The predicted octanol–water partition coefficient (Wildman–Crippen LogP) is 2.56. The van der Waals surface area contributed by atoms with Crippen LogP contribution in [0.4, 0.5) is 5.82 Å². The third-order valence-electron chi connectivity index (χ3n) is 3.32. The molecule has 1 amide bonds. The van der Waals surface area contributed by atoms with E-state index in [9.17, 15) is 4.79 Å². The Labute approximate surface area is 120 Å². The molecule has 2 heterocycles. The number of likely N-dealkylation sites (tertiary alicyclic amines) is 1. The number of aromatic nitrogens is 2. The van der Waals surface area contributed by atoms with Gasteiger partial charge in [0, 0.05) is 18.6 Å². The molecule has 1 atom stereocenters. The van der Waals surface area contributed by atoms with Crippen LogP contribution in [0.25, 0.3) is 0 Å². The standard InChI is InChI=1S/C15H24N4O/c1-11-6-5-7-19(10-11)14(20)12-8-17-13(9-16-12)18-15(2,3)4/h8-9,11H,5-7,10H2,1-4H3,(H,17,18). The summed E-state index contributed by atoms with van der Waals surface area (Å²) in [5.74, 6) is 1.26. The van der Waals surface area contributed by atoms with Crippen molar-refractivity contribution >= 4 is 11.7 Å². The Balaban J connectivity index is 2.04. The zero-order valence-electron chi connectivity index (χ0n) is 12.8. The van der Waals surface area contributed by atoms with Gasteiger partial charge >= 0.3 is 0 Å². The first-order valence-electron chi connectivity index (χ1n) is 7.24. The molecule has 0 spiro atoms. The van der Waals surface area contributed by atoms with Crippen molar-refractivity contribution in [2.45, 2.75) is 46.1 Å². The van der Waals surface area contributed by atoms with E-state index in [4.69, 9.17) is 0 Å². The van der Waals surface area contributed by atoms with Crippen LogP contribution >= 0.6 is 0 Å². The zero-order valence-corrected chi connectivity index (χ0v) is 12.8. The molecule has 0 radical (unpaired) electrons. The van der Waals surface area contributed by atoms with Gasteiger partial charge in [-0.3, -0.25) is 4.79 Å². The Morgan fingerprint density at radius 3 is 2.65 bits per heavy atom. The van der Waals surface area contributed by atoms with E-state index >= 15 is 0 Å². The van der Waals surface area contributed by atoms with Crippen molar-refractivity contribution in [3.63, 3.8) is 0 Å². The molecule has 5 heteroatoms. The van der Waals surface area contributed by atoms with Crippen molar-refractivity contribution in [1.82, 2.24) is 14.9 Å². The van der Waals surface area contributed by atoms with E-state index in [2.05, 4.69) is 43.0 Å². The van der Waals surface area contributed by atoms with Crippen LogP contribution in [0.2, 0.25) is 0 Å². The van der Waals surface area contributed by atoms with Gasteiger partial charge in [-0.25, -0.2) is 9.97 Å². The molecule has 110 valence electrons. The van der Waals surface area contributed by atoms with Gasteiger partial charge in [-0.15, -0.1) is 0 Å². The average Bonchev–Trinajstić information content (AvgIpc) is 2.37. The lowest BCUT2D eigenvalue weighted by Gasteiger charge is -2.30. The third-order valence-corrected chi connectivity index (χ3v) is 3.32. The highest BCUT2D eigenvalue weighted by Crippen LogP contribution is 2.17. The number of carbonyl (C=O) groups excluding carboxylic acids is 1. The Morgan fingerprint density at radius 1 is 1.35 bits per heavy atom. The van der Waals surface area contributed by atoms with E-state index in [-0.39, 0.29) is 11.4 Å². The topological polar surface area (TPSA) is 58.1 Å². The predicted molar refractivity (Wildman–Crippen MR) is 79.7 cm³/mol. The summed E-state index contributed by atoms with van der Waals surface area (Å²) in [7, 11) is 0. The quantitative estimate of drug-likeness (QED) is 0.902. The number of nitrogens with zero attached hydrogens (tertiary/aromatic N) is 3. The molecular formula is C15H24N4O. The summed E-state index contributed by atoms with van der Waals surface area (Å²) in [6.45, 7) is 10.0. The molecule has 0 aromatic carbocycles. The van der Waals surface area contributed by atoms with Crippen LogP contribution in [0.3, 0.4) is 0 Å². The van der Waals surface area contributed by atoms with Gasteiger partial charge in [0.15, 0.2) is 0 Å². The maximum absolute atomic E-state index is 12.3. The van der Waals surface area contributed by atoms with Crippen LogP contribution < -0.4 is 5.32 Å². The van der Waals surface area contributed by atoms with Crippen LogP contribution in [-0.4, -0.2) is 39.4 Å². The second kappa shape index (κ2) is 5.77. The Morgan fingerprint density at radius 2 is 2.10 bits per heavy atom. The van der Waals surface area contributed by atoms with Crippen molar-refractivity contribution in [2.75, 3.05) is 18.4 Å². The van der Waals surface area contributed by atoms with Gasteiger partial charge in [0.25, 0.3) is 5.91 Å². The number of hydrogen-bond acceptors (Lipinski definition) is 4. The maximum atomic E-state index is 12.3. The molecule has 1 N–H and O–H groups in total. The SMILES string of the molecule is CC1CCCN(C(=O)c2cnc(NC(C)(C)C)cn2)C1. The molecule has 2 rings (SSSR count). The first kappa shape index (κ1) is 14.8. The molecule has 1 fully saturated rings. The summed E-state index contributed by atoms with van der Waals surface area (Å²) >= 11 is 0. The van der Waals surface area contributed by atoms with Gasteiger partial charge in [-0.1, -0.05) is 6.92 Å². The van der Waals surface area contributed by atoms with E-state index in [1.54, 1.807) is 12.4 Å². The van der Waals surface area contributed by atoms with E-state index < -0.39 is 0 Å². The minimum Gasteiger partial charge on any atom is -0.364 e. The van der Waals surface area contributed by atoms with E-state index in [0.29, 0.717) is 17.4 Å². The van der Waals surface area contributed by atoms with Crippen LogP contribution in [0.15, 0.2) is 12.4 Å². The molecule has 0 bridgehead atoms. The summed E-state index contributed by atoms with van der Waals surface area (Å²) < 4.78 is 0. The van der Waals surface area contributed by atoms with Gasteiger partial charge in [-0.05, 0) is 39.5 Å². The van der Waals surface area contributed by atoms with Crippen LogP contribution in [0.1, 0.15) is 51.0 Å². The molecule has 0 saturated carbocycles. The molecule has 0 aliphatic carbocycles. The monoisotopic (exact) mass is 276 g/mol. The van der Waals surface area contributed by atoms with Crippen molar-refractivity contribution in [2.24, 2.45) is 5.92 Å². The zero-order chi connectivity index (χ0) is 14.8. The molecule has 1 aromatic rings. The highest BCUT2D eigenvalue weighted by Gasteiger charge is 2.23.